The first-order chi connectivity index (χ1) is 0. The molecule has 0 rings (SSSR count). The molecule has 0 aromatic rings. The van der Waals surface area contributed by atoms with Crippen molar-refractivity contribution in [1.82, 2.24) is 0 Å². The molecular weight excluding hydrogens is 317 g/mol. The summed E-state index contributed by atoms with van der Waals surface area (Å²) in [6.07, 6.45) is 0. The fourth-order valence-electron chi connectivity index (χ4n) is 0. The smallest absolute Gasteiger partial charge is 0 e. The van der Waals surface area contributed by atoms with E-state index in [-0.39, 0.29) is 90.8 Å². The van der Waals surface area contributed by atoms with Gasteiger partial charge in [0.25, 0.3) is 0 Å². The van der Waals surface area contributed by atoms with Crippen molar-refractivity contribution in [2.75, 3.05) is 0 Å². The van der Waals surface area contributed by atoms with Gasteiger partial charge in [0.2, 0.25) is 0 Å². The van der Waals surface area contributed by atoms with Crippen LogP contribution in [-0.4, -0.2) is 0 Å². The summed E-state index contributed by atoms with van der Waals surface area (Å²) in [4.78, 5) is 0. The van der Waals surface area contributed by atoms with E-state index in [4.69, 9.17) is 0 Å². The predicted octanol–water partition coefficient (Wildman–Crippen LogP) is -0.00750. The van der Waals surface area contributed by atoms with Crippen LogP contribution in [0.3, 0.4) is 0 Å². The minimum atomic E-state index is 0. The molecule has 0 fully saturated rings. The van der Waals surface area contributed by atoms with Crippen LogP contribution in [0.4, 0.5) is 0 Å². The van der Waals surface area contributed by atoms with Crippen LogP contribution in [0.15, 0.2) is 0 Å². The summed E-state index contributed by atoms with van der Waals surface area (Å²) in [5.74, 6) is 0. The summed E-state index contributed by atoms with van der Waals surface area (Å²) in [6, 6.07) is 0. The number of hydrogen-bond acceptors (Lipinski definition) is 0. The zero-order valence-corrected chi connectivity index (χ0v) is 8.19. The van der Waals surface area contributed by atoms with Crippen molar-refractivity contribution in [3.05, 3.63) is 0 Å². The van der Waals surface area contributed by atoms with Crippen LogP contribution in [0.25, 0.3) is 0 Å². The second-order valence-electron chi connectivity index (χ2n) is 0. The zero-order chi connectivity index (χ0) is 0. The number of rotatable bonds is 0. The van der Waals surface area contributed by atoms with E-state index in [9.17, 15) is 0 Å². The largest absolute Gasteiger partial charge is 0 e. The fourth-order valence-corrected chi connectivity index (χ4v) is 0. The van der Waals surface area contributed by atoms with Gasteiger partial charge in [0.15, 0.2) is 0 Å². The molecule has 33 valence electrons. The van der Waals surface area contributed by atoms with Crippen molar-refractivity contribution in [1.29, 1.82) is 0 Å². The molecule has 4 heteroatoms. The van der Waals surface area contributed by atoms with Gasteiger partial charge in [0, 0.05) is 90.8 Å². The van der Waals surface area contributed by atoms with Gasteiger partial charge >= 0.3 is 0 Å². The quantitative estimate of drug-likeness (QED) is 0.552. The van der Waals surface area contributed by atoms with Crippen molar-refractivity contribution < 1.29 is 90.8 Å². The van der Waals surface area contributed by atoms with E-state index < -0.39 is 0 Å². The summed E-state index contributed by atoms with van der Waals surface area (Å²) in [7, 11) is 0. The van der Waals surface area contributed by atoms with Crippen LogP contribution in [0, 0.1) is 41.3 Å². The molecule has 4 heavy (non-hydrogen) atoms. The molecule has 0 bridgehead atoms. The van der Waals surface area contributed by atoms with Gasteiger partial charge in [-0.3, -0.25) is 0 Å². The average Bonchev–Trinajstić information content (AvgIpc) is 0. The van der Waals surface area contributed by atoms with Crippen molar-refractivity contribution in [2.45, 2.75) is 0 Å². The van der Waals surface area contributed by atoms with E-state index in [0.717, 1.165) is 0 Å². The predicted molar refractivity (Wildman–Crippen MR) is 0 cm³/mol. The van der Waals surface area contributed by atoms with Gasteiger partial charge in [-0.15, -0.1) is 0 Å². The van der Waals surface area contributed by atoms with Gasteiger partial charge in [-0.1, -0.05) is 0 Å². The van der Waals surface area contributed by atoms with Crippen LogP contribution in [-0.2, 0) is 49.5 Å². The first kappa shape index (κ1) is 28.9. The Morgan fingerprint density at radius 2 is 0.500 bits per heavy atom. The van der Waals surface area contributed by atoms with Crippen molar-refractivity contribution in [2.24, 2.45) is 0 Å². The first-order valence-electron chi connectivity index (χ1n) is 0. The molecule has 0 saturated heterocycles. The molecule has 0 aromatic heterocycles. The van der Waals surface area contributed by atoms with E-state index in [2.05, 4.69) is 0 Å². The Hall–Kier alpha value is 2.84. The minimum absolute atomic E-state index is 0. The van der Waals surface area contributed by atoms with Gasteiger partial charge < -0.3 is 0 Å². The average molecular weight is 317 g/mol. The summed E-state index contributed by atoms with van der Waals surface area (Å²) >= 11 is 0. The Kier molecular flexibility index (Phi) is 122. The number of hydrogen-bond donors (Lipinski definition) is 0. The molecule has 1 radical (unpaired) electrons. The Bertz CT molecular complexity index is 3.25. The Balaban J connectivity index is 0. The summed E-state index contributed by atoms with van der Waals surface area (Å²) in [5.41, 5.74) is 0. The summed E-state index contributed by atoms with van der Waals surface area (Å²) < 4.78 is 0. The molecule has 0 heterocycles. The third-order valence-corrected chi connectivity index (χ3v) is 0. The van der Waals surface area contributed by atoms with Crippen molar-refractivity contribution in [3.63, 3.8) is 0 Å². The maximum atomic E-state index is 0. The topological polar surface area (TPSA) is 0 Å². The van der Waals surface area contributed by atoms with Gasteiger partial charge in [0.05, 0.1) is 0 Å². The third kappa shape index (κ3) is 8.85. The van der Waals surface area contributed by atoms with E-state index in [0.29, 0.717) is 0 Å². The second kappa shape index (κ2) is 17.0. The molecule has 0 aliphatic carbocycles. The van der Waals surface area contributed by atoms with Gasteiger partial charge in [-0.05, 0) is 0 Å². The fraction of sp³-hybridized carbons (Fsp3) is 0. The standard InChI is InChI=1S/3Ni.Pr. The maximum absolute atomic E-state index is 0. The zero-order valence-electron chi connectivity index (χ0n) is 1.53. The Labute approximate surface area is 89.0 Å². The molecule has 0 amide bonds. The Morgan fingerprint density at radius 3 is 0.500 bits per heavy atom. The molecular formula is Ni3Pr. The SMILES string of the molecule is [Ni].[Ni].[Ni].[Pr]. The van der Waals surface area contributed by atoms with E-state index in [1.54, 1.807) is 0 Å². The Morgan fingerprint density at radius 1 is 0.500 bits per heavy atom. The molecule has 0 aliphatic rings. The molecule has 0 spiro atoms. The molecule has 0 aromatic carbocycles. The molecule has 0 nitrogen and oxygen atoms in total. The van der Waals surface area contributed by atoms with Crippen molar-refractivity contribution in [3.8, 4) is 0 Å². The van der Waals surface area contributed by atoms with Crippen LogP contribution in [0.1, 0.15) is 0 Å². The summed E-state index contributed by atoms with van der Waals surface area (Å²) in [6.45, 7) is 0. The molecule has 0 atom stereocenters. The minimum Gasteiger partial charge on any atom is 0 e. The van der Waals surface area contributed by atoms with Gasteiger partial charge in [-0.2, -0.15) is 0 Å². The van der Waals surface area contributed by atoms with E-state index in [1.807, 2.05) is 0 Å². The maximum Gasteiger partial charge on any atom is 0 e. The first-order valence-corrected chi connectivity index (χ1v) is 0. The van der Waals surface area contributed by atoms with Crippen LogP contribution in [0.5, 0.6) is 0 Å². The monoisotopic (exact) mass is 315 g/mol. The summed E-state index contributed by atoms with van der Waals surface area (Å²) in [5, 5.41) is 0. The van der Waals surface area contributed by atoms with Crippen LogP contribution in [0.2, 0.25) is 0 Å². The third-order valence-electron chi connectivity index (χ3n) is 0. The van der Waals surface area contributed by atoms with Crippen LogP contribution < -0.4 is 0 Å². The van der Waals surface area contributed by atoms with E-state index in [1.165, 1.54) is 0 Å². The van der Waals surface area contributed by atoms with E-state index >= 15 is 0 Å². The molecule has 0 N–H and O–H groups in total. The normalized spacial score (nSPS) is 0. The molecule has 0 unspecified atom stereocenters. The molecule has 0 aliphatic heterocycles. The van der Waals surface area contributed by atoms with Gasteiger partial charge in [0.1, 0.15) is 0 Å². The van der Waals surface area contributed by atoms with Crippen LogP contribution >= 0.6 is 0 Å². The van der Waals surface area contributed by atoms with Gasteiger partial charge in [-0.25, -0.2) is 0 Å². The van der Waals surface area contributed by atoms with Crippen molar-refractivity contribution >= 4 is 0 Å². The second-order valence-corrected chi connectivity index (χ2v) is 0. The molecule has 0 saturated carbocycles.